The number of para-hydroxylation sites is 2. The molecule has 31 heavy (non-hydrogen) atoms. The highest BCUT2D eigenvalue weighted by Crippen LogP contribution is 2.21. The van der Waals surface area contributed by atoms with Crippen molar-refractivity contribution in [2.24, 2.45) is 0 Å². The Labute approximate surface area is 186 Å². The summed E-state index contributed by atoms with van der Waals surface area (Å²) in [5.41, 5.74) is 3.26. The van der Waals surface area contributed by atoms with Gasteiger partial charge in [0, 0.05) is 31.2 Å². The van der Waals surface area contributed by atoms with E-state index in [4.69, 9.17) is 26.5 Å². The molecule has 0 unspecified atom stereocenters. The van der Waals surface area contributed by atoms with Gasteiger partial charge in [-0.25, -0.2) is 0 Å². The number of aromatic nitrogens is 2. The topological polar surface area (TPSA) is 75.6 Å². The fourth-order valence-electron chi connectivity index (χ4n) is 3.93. The molecule has 0 spiro atoms. The van der Waals surface area contributed by atoms with E-state index in [1.807, 2.05) is 46.4 Å². The van der Waals surface area contributed by atoms with E-state index in [9.17, 15) is 5.11 Å². The second-order valence-electron chi connectivity index (χ2n) is 7.90. The summed E-state index contributed by atoms with van der Waals surface area (Å²) < 4.78 is 15.0. The Morgan fingerprint density at radius 1 is 1.10 bits per heavy atom. The Morgan fingerprint density at radius 2 is 1.81 bits per heavy atom. The van der Waals surface area contributed by atoms with E-state index >= 15 is 0 Å². The molecule has 0 bridgehead atoms. The van der Waals surface area contributed by atoms with Crippen LogP contribution in [-0.4, -0.2) is 64.7 Å². The summed E-state index contributed by atoms with van der Waals surface area (Å²) >= 11 is 6.06. The van der Waals surface area contributed by atoms with Crippen molar-refractivity contribution in [1.29, 1.82) is 5.41 Å². The van der Waals surface area contributed by atoms with Crippen LogP contribution < -0.4 is 10.4 Å². The minimum atomic E-state index is -0.747. The van der Waals surface area contributed by atoms with Crippen LogP contribution in [0.25, 0.3) is 11.0 Å². The number of ether oxygens (including phenoxy) is 2. The molecule has 2 heterocycles. The molecule has 1 aliphatic rings. The number of morpholine rings is 1. The zero-order valence-electron chi connectivity index (χ0n) is 17.8. The summed E-state index contributed by atoms with van der Waals surface area (Å²) in [5.74, 6) is 0.671. The molecule has 4 rings (SSSR count). The lowest BCUT2D eigenvalue weighted by atomic mass is 10.2. The molecule has 1 saturated heterocycles. The Bertz CT molecular complexity index is 1090. The predicted octanol–water partition coefficient (Wildman–Crippen LogP) is 2.66. The van der Waals surface area contributed by atoms with Crippen molar-refractivity contribution in [2.45, 2.75) is 26.1 Å². The SMILES string of the molecule is Cc1cc(OC[C@H](O)Cn2c(=N)n(CCN3CCOCC3)c3ccccc32)ccc1Cl. The summed E-state index contributed by atoms with van der Waals surface area (Å²) in [6.07, 6.45) is -0.747. The van der Waals surface area contributed by atoms with Gasteiger partial charge in [-0.1, -0.05) is 23.7 Å². The van der Waals surface area contributed by atoms with Crippen LogP contribution in [0.1, 0.15) is 5.56 Å². The molecule has 0 saturated carbocycles. The number of aliphatic hydroxyl groups is 1. The van der Waals surface area contributed by atoms with Crippen LogP contribution in [0.15, 0.2) is 42.5 Å². The summed E-state index contributed by atoms with van der Waals surface area (Å²) in [4.78, 5) is 2.36. The number of rotatable bonds is 8. The van der Waals surface area contributed by atoms with E-state index in [0.717, 1.165) is 56.0 Å². The molecule has 166 valence electrons. The zero-order chi connectivity index (χ0) is 21.8. The number of benzene rings is 2. The van der Waals surface area contributed by atoms with Gasteiger partial charge in [0.2, 0.25) is 5.62 Å². The first kappa shape index (κ1) is 21.9. The molecule has 1 aliphatic heterocycles. The molecular weight excluding hydrogens is 416 g/mol. The number of nitrogens with one attached hydrogen (secondary N) is 1. The molecule has 7 nitrogen and oxygen atoms in total. The average molecular weight is 445 g/mol. The lowest BCUT2D eigenvalue weighted by molar-refractivity contribution is 0.0363. The Morgan fingerprint density at radius 3 is 2.52 bits per heavy atom. The Balaban J connectivity index is 1.47. The van der Waals surface area contributed by atoms with Gasteiger partial charge >= 0.3 is 0 Å². The normalized spacial score (nSPS) is 16.0. The van der Waals surface area contributed by atoms with Crippen LogP contribution in [0.2, 0.25) is 5.02 Å². The third-order valence-electron chi connectivity index (χ3n) is 5.68. The largest absolute Gasteiger partial charge is 0.491 e. The minimum Gasteiger partial charge on any atom is -0.491 e. The maximum Gasteiger partial charge on any atom is 0.203 e. The number of fused-ring (bicyclic) bond motifs is 1. The first-order chi connectivity index (χ1) is 15.0. The number of hydrogen-bond acceptors (Lipinski definition) is 5. The van der Waals surface area contributed by atoms with E-state index in [2.05, 4.69) is 4.90 Å². The number of nitrogens with zero attached hydrogens (tertiary/aromatic N) is 3. The van der Waals surface area contributed by atoms with Crippen LogP contribution >= 0.6 is 11.6 Å². The monoisotopic (exact) mass is 444 g/mol. The van der Waals surface area contributed by atoms with E-state index in [0.29, 0.717) is 16.4 Å². The van der Waals surface area contributed by atoms with Crippen LogP contribution in [0.5, 0.6) is 5.75 Å². The van der Waals surface area contributed by atoms with Gasteiger partial charge < -0.3 is 23.7 Å². The van der Waals surface area contributed by atoms with Crippen LogP contribution in [-0.2, 0) is 17.8 Å². The number of halogens is 1. The second-order valence-corrected chi connectivity index (χ2v) is 8.31. The van der Waals surface area contributed by atoms with Crippen molar-refractivity contribution in [3.8, 4) is 5.75 Å². The quantitative estimate of drug-likeness (QED) is 0.560. The van der Waals surface area contributed by atoms with Gasteiger partial charge in [0.15, 0.2) is 0 Å². The van der Waals surface area contributed by atoms with Gasteiger partial charge in [-0.05, 0) is 42.8 Å². The van der Waals surface area contributed by atoms with Crippen molar-refractivity contribution < 1.29 is 14.6 Å². The smallest absolute Gasteiger partial charge is 0.203 e. The maximum atomic E-state index is 10.6. The maximum absolute atomic E-state index is 10.6. The van der Waals surface area contributed by atoms with Gasteiger partial charge in [-0.2, -0.15) is 0 Å². The molecule has 0 amide bonds. The molecule has 1 atom stereocenters. The second kappa shape index (κ2) is 9.87. The number of aliphatic hydroxyl groups excluding tert-OH is 1. The predicted molar refractivity (Wildman–Crippen MR) is 121 cm³/mol. The van der Waals surface area contributed by atoms with E-state index in [1.165, 1.54) is 0 Å². The van der Waals surface area contributed by atoms with E-state index in [1.54, 1.807) is 12.1 Å². The van der Waals surface area contributed by atoms with Gasteiger partial charge in [0.05, 0.1) is 30.8 Å². The highest BCUT2D eigenvalue weighted by molar-refractivity contribution is 6.31. The van der Waals surface area contributed by atoms with Crippen molar-refractivity contribution in [3.05, 3.63) is 58.7 Å². The lowest BCUT2D eigenvalue weighted by Gasteiger charge is -2.26. The molecule has 1 aromatic heterocycles. The highest BCUT2D eigenvalue weighted by Gasteiger charge is 2.16. The Kier molecular flexibility index (Phi) is 6.97. The third-order valence-corrected chi connectivity index (χ3v) is 6.11. The van der Waals surface area contributed by atoms with Crippen molar-refractivity contribution in [1.82, 2.24) is 14.0 Å². The average Bonchev–Trinajstić information content (AvgIpc) is 3.05. The number of hydrogen-bond donors (Lipinski definition) is 2. The van der Waals surface area contributed by atoms with Crippen molar-refractivity contribution in [2.75, 3.05) is 39.5 Å². The number of aryl methyl sites for hydroxylation is 1. The molecular formula is C23H29ClN4O3. The minimum absolute atomic E-state index is 0.140. The first-order valence-corrected chi connectivity index (χ1v) is 11.0. The van der Waals surface area contributed by atoms with Gasteiger partial charge in [-0.3, -0.25) is 10.3 Å². The highest BCUT2D eigenvalue weighted by atomic mass is 35.5. The van der Waals surface area contributed by atoms with Crippen molar-refractivity contribution >= 4 is 22.6 Å². The zero-order valence-corrected chi connectivity index (χ0v) is 18.5. The van der Waals surface area contributed by atoms with Crippen molar-refractivity contribution in [3.63, 3.8) is 0 Å². The number of imidazole rings is 1. The molecule has 3 aromatic rings. The third kappa shape index (κ3) is 5.13. The lowest BCUT2D eigenvalue weighted by Crippen LogP contribution is -2.39. The molecule has 8 heteroatoms. The van der Waals surface area contributed by atoms with Crippen LogP contribution in [0, 0.1) is 12.3 Å². The van der Waals surface area contributed by atoms with Gasteiger partial charge in [0.1, 0.15) is 18.5 Å². The van der Waals surface area contributed by atoms with Gasteiger partial charge in [-0.15, -0.1) is 0 Å². The molecule has 1 fully saturated rings. The molecule has 0 aliphatic carbocycles. The fourth-order valence-corrected chi connectivity index (χ4v) is 4.05. The van der Waals surface area contributed by atoms with E-state index < -0.39 is 6.10 Å². The summed E-state index contributed by atoms with van der Waals surface area (Å²) in [5, 5.41) is 20.1. The molecule has 0 radical (unpaired) electrons. The van der Waals surface area contributed by atoms with E-state index in [-0.39, 0.29) is 13.2 Å². The fraction of sp³-hybridized carbons (Fsp3) is 0.435. The van der Waals surface area contributed by atoms with Gasteiger partial charge in [0.25, 0.3) is 0 Å². The first-order valence-electron chi connectivity index (χ1n) is 10.6. The Hall–Kier alpha value is -2.32. The van der Waals surface area contributed by atoms with Crippen LogP contribution in [0.3, 0.4) is 0 Å². The molecule has 2 aromatic carbocycles. The summed E-state index contributed by atoms with van der Waals surface area (Å²) in [6, 6.07) is 13.4. The summed E-state index contributed by atoms with van der Waals surface area (Å²) in [7, 11) is 0. The summed E-state index contributed by atoms with van der Waals surface area (Å²) in [6.45, 7) is 7.31. The van der Waals surface area contributed by atoms with Crippen LogP contribution in [0.4, 0.5) is 0 Å². The molecule has 2 N–H and O–H groups in total. The standard InChI is InChI=1S/C23H29ClN4O3/c1-17-14-19(6-7-20(17)24)31-16-18(29)15-28-22-5-3-2-4-21(22)27(23(28)25)9-8-26-10-12-30-13-11-26/h2-7,14,18,25,29H,8-13,15-16H2,1H3/t18-/m1/s1.